The van der Waals surface area contributed by atoms with Crippen LogP contribution >= 0.6 is 24.0 Å². The highest BCUT2D eigenvalue weighted by Crippen LogP contribution is 2.40. The molecule has 4 rings (SSSR count). The van der Waals surface area contributed by atoms with E-state index in [1.165, 1.54) is 24.2 Å². The molecule has 1 atom stereocenters. The second kappa shape index (κ2) is 5.35. The van der Waals surface area contributed by atoms with E-state index in [1.54, 1.807) is 0 Å². The summed E-state index contributed by atoms with van der Waals surface area (Å²) in [4.78, 5) is 0. The van der Waals surface area contributed by atoms with Gasteiger partial charge in [-0.15, -0.1) is 22.6 Å². The van der Waals surface area contributed by atoms with Gasteiger partial charge < -0.3 is 9.88 Å². The smallest absolute Gasteiger partial charge is 0.154 e. The van der Waals surface area contributed by atoms with E-state index in [1.807, 2.05) is 12.1 Å². The topological polar surface area (TPSA) is 42.7 Å². The summed E-state index contributed by atoms with van der Waals surface area (Å²) in [6.07, 6.45) is 2.52. The third-order valence-electron chi connectivity index (χ3n) is 3.90. The normalized spacial score (nSPS) is 21.1. The summed E-state index contributed by atoms with van der Waals surface area (Å²) >= 11 is 5.95. The summed E-state index contributed by atoms with van der Waals surface area (Å²) < 4.78 is 2.30. The number of hydrogen-bond donors (Lipinski definition) is 1. The molecule has 1 aliphatic heterocycles. The van der Waals surface area contributed by atoms with E-state index in [0.717, 1.165) is 23.9 Å². The second-order valence-electron chi connectivity index (χ2n) is 5.28. The fourth-order valence-corrected chi connectivity index (χ4v) is 2.87. The Labute approximate surface area is 128 Å². The van der Waals surface area contributed by atoms with Gasteiger partial charge in [0.05, 0.1) is 6.04 Å². The average molecular weight is 311 g/mol. The van der Waals surface area contributed by atoms with Crippen LogP contribution in [-0.4, -0.2) is 21.3 Å². The largest absolute Gasteiger partial charge is 0.312 e. The number of nitrogens with one attached hydrogen (secondary N) is 1. The van der Waals surface area contributed by atoms with Crippen LogP contribution in [0.1, 0.15) is 42.0 Å². The lowest BCUT2D eigenvalue weighted by Crippen LogP contribution is -2.34. The number of benzene rings is 1. The van der Waals surface area contributed by atoms with E-state index in [4.69, 9.17) is 11.6 Å². The van der Waals surface area contributed by atoms with Crippen molar-refractivity contribution in [1.82, 2.24) is 20.1 Å². The van der Waals surface area contributed by atoms with E-state index in [0.29, 0.717) is 5.92 Å². The van der Waals surface area contributed by atoms with Crippen LogP contribution in [0.25, 0.3) is 0 Å². The van der Waals surface area contributed by atoms with Crippen molar-refractivity contribution in [2.45, 2.75) is 31.3 Å². The Bertz CT molecular complexity index is 604. The first kappa shape index (κ1) is 13.9. The summed E-state index contributed by atoms with van der Waals surface area (Å²) in [5.41, 5.74) is 1.19. The molecule has 1 unspecified atom stereocenters. The summed E-state index contributed by atoms with van der Waals surface area (Å²) in [5.74, 6) is 2.86. The molecule has 1 N–H and O–H groups in total. The van der Waals surface area contributed by atoms with Crippen LogP contribution in [0.3, 0.4) is 0 Å². The predicted molar refractivity (Wildman–Crippen MR) is 80.5 cm³/mol. The zero-order valence-corrected chi connectivity index (χ0v) is 12.5. The third-order valence-corrected chi connectivity index (χ3v) is 4.15. The van der Waals surface area contributed by atoms with Crippen molar-refractivity contribution in [3.63, 3.8) is 0 Å². The molecule has 1 fully saturated rings. The third kappa shape index (κ3) is 2.32. The van der Waals surface area contributed by atoms with E-state index in [2.05, 4.69) is 32.2 Å². The molecule has 0 saturated heterocycles. The lowest BCUT2D eigenvalue weighted by molar-refractivity contribution is 0.447. The average Bonchev–Trinajstić information content (AvgIpc) is 3.19. The van der Waals surface area contributed by atoms with Crippen LogP contribution in [0.4, 0.5) is 0 Å². The molecule has 2 aromatic rings. The van der Waals surface area contributed by atoms with Gasteiger partial charge in [0.1, 0.15) is 5.82 Å². The van der Waals surface area contributed by atoms with Crippen LogP contribution in [0, 0.1) is 0 Å². The molecule has 106 valence electrons. The molecule has 20 heavy (non-hydrogen) atoms. The lowest BCUT2D eigenvalue weighted by Gasteiger charge is -2.25. The minimum atomic E-state index is 0. The SMILES string of the molecule is Cl.Clc1ccc(C2NCCn3c(C4CC4)nnc32)cc1. The van der Waals surface area contributed by atoms with Crippen molar-refractivity contribution in [1.29, 1.82) is 0 Å². The Kier molecular flexibility index (Phi) is 3.71. The molecule has 0 amide bonds. The molecule has 0 spiro atoms. The molecule has 1 aromatic carbocycles. The van der Waals surface area contributed by atoms with Gasteiger partial charge in [0.15, 0.2) is 5.82 Å². The molecular formula is C14H16Cl2N4. The Hall–Kier alpha value is -1.10. The quantitative estimate of drug-likeness (QED) is 0.927. The van der Waals surface area contributed by atoms with Gasteiger partial charge in [0, 0.05) is 24.0 Å². The van der Waals surface area contributed by atoms with E-state index < -0.39 is 0 Å². The van der Waals surface area contributed by atoms with Crippen LogP contribution < -0.4 is 5.32 Å². The first-order valence-electron chi connectivity index (χ1n) is 6.75. The molecule has 2 aliphatic rings. The highest BCUT2D eigenvalue weighted by atomic mass is 35.5. The van der Waals surface area contributed by atoms with Crippen molar-refractivity contribution < 1.29 is 0 Å². The van der Waals surface area contributed by atoms with Gasteiger partial charge in [-0.25, -0.2) is 0 Å². The van der Waals surface area contributed by atoms with E-state index in [9.17, 15) is 0 Å². The molecule has 0 radical (unpaired) electrons. The summed E-state index contributed by atoms with van der Waals surface area (Å²) in [5, 5.41) is 13.1. The molecule has 1 aliphatic carbocycles. The highest BCUT2D eigenvalue weighted by Gasteiger charge is 2.33. The molecule has 2 heterocycles. The summed E-state index contributed by atoms with van der Waals surface area (Å²) in [6, 6.07) is 8.10. The first-order valence-corrected chi connectivity index (χ1v) is 7.12. The van der Waals surface area contributed by atoms with Gasteiger partial charge in [0.2, 0.25) is 0 Å². The summed E-state index contributed by atoms with van der Waals surface area (Å²) in [6.45, 7) is 1.93. The lowest BCUT2D eigenvalue weighted by atomic mass is 10.0. The molecule has 1 saturated carbocycles. The van der Waals surface area contributed by atoms with Gasteiger partial charge in [0.25, 0.3) is 0 Å². The minimum absolute atomic E-state index is 0. The number of aromatic nitrogens is 3. The zero-order valence-electron chi connectivity index (χ0n) is 10.9. The maximum absolute atomic E-state index is 5.95. The van der Waals surface area contributed by atoms with Crippen LogP contribution in [0.15, 0.2) is 24.3 Å². The van der Waals surface area contributed by atoms with Crippen molar-refractivity contribution >= 4 is 24.0 Å². The Morgan fingerprint density at radius 3 is 2.50 bits per heavy atom. The number of rotatable bonds is 2. The van der Waals surface area contributed by atoms with Gasteiger partial charge >= 0.3 is 0 Å². The Balaban J connectivity index is 0.00000121. The first-order chi connectivity index (χ1) is 9.33. The fourth-order valence-electron chi connectivity index (χ4n) is 2.75. The zero-order chi connectivity index (χ0) is 12.8. The standard InChI is InChI=1S/C14H15ClN4.ClH/c15-11-5-3-9(4-6-11)12-14-18-17-13(10-1-2-10)19(14)8-7-16-12;/h3-6,10,12,16H,1-2,7-8H2;1H. The van der Waals surface area contributed by atoms with E-state index >= 15 is 0 Å². The number of nitrogens with zero attached hydrogens (tertiary/aromatic N) is 3. The predicted octanol–water partition coefficient (Wildman–Crippen LogP) is 2.92. The number of fused-ring (bicyclic) bond motifs is 1. The van der Waals surface area contributed by atoms with Crippen molar-refractivity contribution in [3.8, 4) is 0 Å². The Morgan fingerprint density at radius 1 is 1.10 bits per heavy atom. The Morgan fingerprint density at radius 2 is 1.80 bits per heavy atom. The minimum Gasteiger partial charge on any atom is -0.312 e. The number of halogens is 2. The van der Waals surface area contributed by atoms with Crippen molar-refractivity contribution in [2.75, 3.05) is 6.54 Å². The van der Waals surface area contributed by atoms with Crippen LogP contribution in [0.2, 0.25) is 5.02 Å². The molecule has 4 nitrogen and oxygen atoms in total. The fraction of sp³-hybridized carbons (Fsp3) is 0.429. The maximum Gasteiger partial charge on any atom is 0.154 e. The molecular weight excluding hydrogens is 295 g/mol. The monoisotopic (exact) mass is 310 g/mol. The van der Waals surface area contributed by atoms with Crippen LogP contribution in [-0.2, 0) is 6.54 Å². The van der Waals surface area contributed by atoms with Gasteiger partial charge in [-0.05, 0) is 30.5 Å². The van der Waals surface area contributed by atoms with Gasteiger partial charge in [-0.3, -0.25) is 0 Å². The van der Waals surface area contributed by atoms with Crippen LogP contribution in [0.5, 0.6) is 0 Å². The molecule has 0 bridgehead atoms. The second-order valence-corrected chi connectivity index (χ2v) is 5.72. The van der Waals surface area contributed by atoms with Gasteiger partial charge in [-0.2, -0.15) is 0 Å². The van der Waals surface area contributed by atoms with Crippen molar-refractivity contribution in [2.24, 2.45) is 0 Å². The maximum atomic E-state index is 5.95. The highest BCUT2D eigenvalue weighted by molar-refractivity contribution is 6.30. The van der Waals surface area contributed by atoms with E-state index in [-0.39, 0.29) is 18.4 Å². The molecule has 1 aromatic heterocycles. The van der Waals surface area contributed by atoms with Crippen molar-refractivity contribution in [3.05, 3.63) is 46.5 Å². The number of hydrogen-bond acceptors (Lipinski definition) is 3. The molecule has 6 heteroatoms. The van der Waals surface area contributed by atoms with Gasteiger partial charge in [-0.1, -0.05) is 23.7 Å². The summed E-state index contributed by atoms with van der Waals surface area (Å²) in [7, 11) is 0.